The van der Waals surface area contributed by atoms with Crippen molar-refractivity contribution < 1.29 is 4.79 Å². The molecular weight excluding hydrogens is 256 g/mol. The summed E-state index contributed by atoms with van der Waals surface area (Å²) in [7, 11) is 0. The molecule has 0 bridgehead atoms. The summed E-state index contributed by atoms with van der Waals surface area (Å²) in [5.74, 6) is 0.0478. The molecule has 1 aromatic carbocycles. The van der Waals surface area contributed by atoms with Gasteiger partial charge in [0.25, 0.3) is 0 Å². The molecule has 19 heavy (non-hydrogen) atoms. The van der Waals surface area contributed by atoms with Crippen molar-refractivity contribution >= 4 is 22.4 Å². The van der Waals surface area contributed by atoms with Crippen LogP contribution in [0.5, 0.6) is 0 Å². The number of aromatic nitrogens is 1. The molecule has 0 radical (unpaired) electrons. The Kier molecular flexibility index (Phi) is 4.32. The first-order chi connectivity index (χ1) is 9.11. The van der Waals surface area contributed by atoms with Gasteiger partial charge in [0.2, 0.25) is 5.91 Å². The molecule has 0 saturated heterocycles. The number of amides is 1. The lowest BCUT2D eigenvalue weighted by Gasteiger charge is -2.16. The van der Waals surface area contributed by atoms with Gasteiger partial charge in [0.15, 0.2) is 5.13 Å². The molecular formula is C15H18N2OS. The van der Waals surface area contributed by atoms with Gasteiger partial charge in [-0.1, -0.05) is 36.8 Å². The van der Waals surface area contributed by atoms with Crippen LogP contribution in [-0.4, -0.2) is 17.4 Å². The van der Waals surface area contributed by atoms with E-state index in [9.17, 15) is 4.79 Å². The van der Waals surface area contributed by atoms with Crippen molar-refractivity contribution in [3.63, 3.8) is 0 Å². The molecule has 0 N–H and O–H groups in total. The van der Waals surface area contributed by atoms with Crippen molar-refractivity contribution in [3.8, 4) is 11.3 Å². The Morgan fingerprint density at radius 3 is 2.58 bits per heavy atom. The van der Waals surface area contributed by atoms with Crippen LogP contribution in [0.25, 0.3) is 11.3 Å². The fourth-order valence-corrected chi connectivity index (χ4v) is 2.76. The number of rotatable bonds is 4. The second-order valence-corrected chi connectivity index (χ2v) is 5.39. The number of nitrogens with zero attached hydrogens (tertiary/aromatic N) is 2. The first kappa shape index (κ1) is 13.7. The maximum atomic E-state index is 11.6. The van der Waals surface area contributed by atoms with Crippen LogP contribution < -0.4 is 4.90 Å². The molecule has 2 rings (SSSR count). The van der Waals surface area contributed by atoms with Gasteiger partial charge >= 0.3 is 0 Å². The van der Waals surface area contributed by atoms with Crippen molar-refractivity contribution in [2.45, 2.75) is 27.2 Å². The maximum absolute atomic E-state index is 11.6. The summed E-state index contributed by atoms with van der Waals surface area (Å²) in [5, 5.41) is 2.79. The van der Waals surface area contributed by atoms with Gasteiger partial charge in [-0.25, -0.2) is 4.98 Å². The minimum absolute atomic E-state index is 0.0478. The number of hydrogen-bond donors (Lipinski definition) is 0. The number of aryl methyl sites for hydroxylation is 1. The average molecular weight is 274 g/mol. The van der Waals surface area contributed by atoms with Crippen molar-refractivity contribution in [1.29, 1.82) is 0 Å². The van der Waals surface area contributed by atoms with Crippen molar-refractivity contribution in [1.82, 2.24) is 4.98 Å². The molecule has 0 aliphatic heterocycles. The molecule has 0 unspecified atom stereocenters. The van der Waals surface area contributed by atoms with Crippen LogP contribution >= 0.6 is 11.3 Å². The lowest BCUT2D eigenvalue weighted by molar-refractivity contribution is -0.116. The van der Waals surface area contributed by atoms with E-state index in [1.54, 1.807) is 11.8 Å². The van der Waals surface area contributed by atoms with E-state index in [2.05, 4.69) is 43.1 Å². The van der Waals surface area contributed by atoms with Crippen LogP contribution in [-0.2, 0) is 4.79 Å². The first-order valence-corrected chi connectivity index (χ1v) is 7.30. The normalized spacial score (nSPS) is 10.5. The van der Waals surface area contributed by atoms with E-state index in [1.807, 2.05) is 5.38 Å². The number of carbonyl (C=O) groups excluding carboxylic acids is 1. The standard InChI is InChI=1S/C15H18N2OS/c1-4-9-17(12(3)18)15-16-14(10-19-15)13-7-5-11(2)6-8-13/h5-8,10H,4,9H2,1-3H3. The predicted molar refractivity (Wildman–Crippen MR) is 80.6 cm³/mol. The highest BCUT2D eigenvalue weighted by Crippen LogP contribution is 2.27. The van der Waals surface area contributed by atoms with E-state index in [0.29, 0.717) is 0 Å². The summed E-state index contributed by atoms with van der Waals surface area (Å²) in [6, 6.07) is 8.27. The third-order valence-corrected chi connectivity index (χ3v) is 3.76. The van der Waals surface area contributed by atoms with Crippen molar-refractivity contribution in [2.24, 2.45) is 0 Å². The Morgan fingerprint density at radius 1 is 1.32 bits per heavy atom. The van der Waals surface area contributed by atoms with E-state index < -0.39 is 0 Å². The lowest BCUT2D eigenvalue weighted by atomic mass is 10.1. The highest BCUT2D eigenvalue weighted by atomic mass is 32.1. The van der Waals surface area contributed by atoms with E-state index >= 15 is 0 Å². The lowest BCUT2D eigenvalue weighted by Crippen LogP contribution is -2.28. The molecule has 0 fully saturated rings. The van der Waals surface area contributed by atoms with E-state index in [1.165, 1.54) is 16.9 Å². The van der Waals surface area contributed by atoms with Gasteiger partial charge < -0.3 is 0 Å². The van der Waals surface area contributed by atoms with E-state index in [0.717, 1.165) is 29.4 Å². The quantitative estimate of drug-likeness (QED) is 0.847. The maximum Gasteiger partial charge on any atom is 0.225 e. The summed E-state index contributed by atoms with van der Waals surface area (Å²) in [4.78, 5) is 17.9. The highest BCUT2D eigenvalue weighted by Gasteiger charge is 2.14. The van der Waals surface area contributed by atoms with Crippen LogP contribution in [0.2, 0.25) is 0 Å². The van der Waals surface area contributed by atoms with E-state index in [-0.39, 0.29) is 5.91 Å². The van der Waals surface area contributed by atoms with Gasteiger partial charge in [-0.15, -0.1) is 11.3 Å². The zero-order chi connectivity index (χ0) is 13.8. The SMILES string of the molecule is CCCN(C(C)=O)c1nc(-c2ccc(C)cc2)cs1. The van der Waals surface area contributed by atoms with Gasteiger partial charge in [0.05, 0.1) is 5.69 Å². The van der Waals surface area contributed by atoms with Crippen LogP contribution in [0.3, 0.4) is 0 Å². The molecule has 1 aromatic heterocycles. The van der Waals surface area contributed by atoms with Gasteiger partial charge in [0, 0.05) is 24.4 Å². The minimum Gasteiger partial charge on any atom is -0.288 e. The largest absolute Gasteiger partial charge is 0.288 e. The molecule has 0 spiro atoms. The molecule has 4 heteroatoms. The van der Waals surface area contributed by atoms with Gasteiger partial charge in [-0.05, 0) is 13.3 Å². The number of hydrogen-bond acceptors (Lipinski definition) is 3. The molecule has 3 nitrogen and oxygen atoms in total. The second-order valence-electron chi connectivity index (χ2n) is 4.55. The van der Waals surface area contributed by atoms with Crippen molar-refractivity contribution in [2.75, 3.05) is 11.4 Å². The van der Waals surface area contributed by atoms with Crippen LogP contribution in [0.15, 0.2) is 29.6 Å². The van der Waals surface area contributed by atoms with Crippen LogP contribution in [0.4, 0.5) is 5.13 Å². The van der Waals surface area contributed by atoms with Gasteiger partial charge in [-0.3, -0.25) is 9.69 Å². The Labute approximate surface area is 117 Å². The van der Waals surface area contributed by atoms with Crippen LogP contribution in [0, 0.1) is 6.92 Å². The summed E-state index contributed by atoms with van der Waals surface area (Å²) in [5.41, 5.74) is 3.26. The Hall–Kier alpha value is -1.68. The van der Waals surface area contributed by atoms with Gasteiger partial charge in [0.1, 0.15) is 0 Å². The van der Waals surface area contributed by atoms with Crippen molar-refractivity contribution in [3.05, 3.63) is 35.2 Å². The predicted octanol–water partition coefficient (Wildman–Crippen LogP) is 3.88. The molecule has 100 valence electrons. The minimum atomic E-state index is 0.0478. The molecule has 0 aliphatic rings. The zero-order valence-electron chi connectivity index (χ0n) is 11.5. The second kappa shape index (κ2) is 5.97. The Bertz CT molecular complexity index is 560. The van der Waals surface area contributed by atoms with Gasteiger partial charge in [-0.2, -0.15) is 0 Å². The molecule has 1 heterocycles. The summed E-state index contributed by atoms with van der Waals surface area (Å²) in [6.45, 7) is 6.43. The first-order valence-electron chi connectivity index (χ1n) is 6.42. The number of thiazole rings is 1. The topological polar surface area (TPSA) is 33.2 Å². The van der Waals surface area contributed by atoms with E-state index in [4.69, 9.17) is 0 Å². The number of carbonyl (C=O) groups is 1. The highest BCUT2D eigenvalue weighted by molar-refractivity contribution is 7.14. The summed E-state index contributed by atoms with van der Waals surface area (Å²) in [6.07, 6.45) is 0.930. The smallest absolute Gasteiger partial charge is 0.225 e. The summed E-state index contributed by atoms with van der Waals surface area (Å²) < 4.78 is 0. The molecule has 0 atom stereocenters. The molecule has 0 saturated carbocycles. The third-order valence-electron chi connectivity index (χ3n) is 2.90. The number of benzene rings is 1. The van der Waals surface area contributed by atoms with Crippen LogP contribution in [0.1, 0.15) is 25.8 Å². The fourth-order valence-electron chi connectivity index (χ4n) is 1.86. The average Bonchev–Trinajstić information content (AvgIpc) is 2.85. The monoisotopic (exact) mass is 274 g/mol. The molecule has 1 amide bonds. The Morgan fingerprint density at radius 2 is 2.00 bits per heavy atom. The third kappa shape index (κ3) is 3.20. The Balaban J connectivity index is 2.27. The fraction of sp³-hybridized carbons (Fsp3) is 0.333. The molecule has 0 aliphatic carbocycles. The molecule has 2 aromatic rings. The number of anilines is 1. The zero-order valence-corrected chi connectivity index (χ0v) is 12.3. The summed E-state index contributed by atoms with van der Waals surface area (Å²) >= 11 is 1.52.